The van der Waals surface area contributed by atoms with Crippen LogP contribution in [0.15, 0.2) is 17.0 Å². The Morgan fingerprint density at radius 1 is 1.06 bits per heavy atom. The van der Waals surface area contributed by atoms with Crippen LogP contribution in [-0.2, 0) is 16.2 Å². The summed E-state index contributed by atoms with van der Waals surface area (Å²) in [5.41, 5.74) is 15.1. The van der Waals surface area contributed by atoms with Gasteiger partial charge in [-0.1, -0.05) is 0 Å². The van der Waals surface area contributed by atoms with E-state index in [1.54, 1.807) is 0 Å². The fraction of sp³-hybridized carbons (Fsp3) is 0.611. The average Bonchev–Trinajstić information content (AvgIpc) is 3.27. The van der Waals surface area contributed by atoms with Gasteiger partial charge >= 0.3 is 6.18 Å². The number of primary sulfonamides is 1. The fourth-order valence-electron chi connectivity index (χ4n) is 5.01. The molecule has 0 aromatic heterocycles. The molecule has 3 heterocycles. The molecular formula is C18H28F3N9O2S. The van der Waals surface area contributed by atoms with Crippen LogP contribution < -0.4 is 37.7 Å². The lowest BCUT2D eigenvalue weighted by Gasteiger charge is -2.48. The minimum absolute atomic E-state index is 0.0611. The summed E-state index contributed by atoms with van der Waals surface area (Å²) in [5.74, 6) is 0.0611. The zero-order chi connectivity index (χ0) is 24.0. The van der Waals surface area contributed by atoms with Crippen molar-refractivity contribution in [2.24, 2.45) is 16.3 Å². The first-order valence-corrected chi connectivity index (χ1v) is 12.1. The van der Waals surface area contributed by atoms with Crippen molar-refractivity contribution in [1.29, 1.82) is 5.41 Å². The molecule has 1 aromatic rings. The quantitative estimate of drug-likeness (QED) is 0.228. The third-order valence-electron chi connectivity index (χ3n) is 6.88. The van der Waals surface area contributed by atoms with Crippen LogP contribution in [-0.4, -0.2) is 45.5 Å². The highest BCUT2D eigenvalue weighted by atomic mass is 32.2. The largest absolute Gasteiger partial charge is 0.417 e. The van der Waals surface area contributed by atoms with Gasteiger partial charge in [-0.15, -0.1) is 0 Å². The first kappa shape index (κ1) is 24.0. The number of anilines is 1. The van der Waals surface area contributed by atoms with Crippen LogP contribution in [0.4, 0.5) is 18.9 Å². The number of piperidine rings is 2. The third-order valence-corrected chi connectivity index (χ3v) is 7.89. The van der Waals surface area contributed by atoms with Crippen LogP contribution in [0, 0.1) is 10.8 Å². The zero-order valence-electron chi connectivity index (χ0n) is 17.8. The number of hydrogen-bond donors (Lipinski definition) is 7. The Morgan fingerprint density at radius 2 is 1.61 bits per heavy atom. The topological polar surface area (TPSA) is 165 Å². The lowest BCUT2D eigenvalue weighted by Crippen LogP contribution is -2.50. The Morgan fingerprint density at radius 3 is 2.09 bits per heavy atom. The summed E-state index contributed by atoms with van der Waals surface area (Å²) in [4.78, 5) is 2.80. The lowest BCUT2D eigenvalue weighted by atomic mass is 9.71. The Hall–Kier alpha value is -2.17. The number of nitrogens with zero attached hydrogens (tertiary/aromatic N) is 2. The van der Waals surface area contributed by atoms with Gasteiger partial charge in [0, 0.05) is 37.4 Å². The molecule has 3 aliphatic heterocycles. The van der Waals surface area contributed by atoms with Crippen molar-refractivity contribution in [3.8, 4) is 0 Å². The monoisotopic (exact) mass is 491 g/mol. The molecule has 0 radical (unpaired) electrons. The molecule has 11 nitrogen and oxygen atoms in total. The van der Waals surface area contributed by atoms with Crippen LogP contribution in [0.25, 0.3) is 0 Å². The summed E-state index contributed by atoms with van der Waals surface area (Å²) in [6.07, 6.45) is -2.52. The van der Waals surface area contributed by atoms with Crippen molar-refractivity contribution in [1.82, 2.24) is 26.8 Å². The second-order valence-corrected chi connectivity index (χ2v) is 10.2. The summed E-state index contributed by atoms with van der Waals surface area (Å²) < 4.78 is 65.9. The van der Waals surface area contributed by atoms with E-state index < -0.39 is 32.8 Å². The number of hydrogen-bond acceptors (Lipinski definition) is 8. The van der Waals surface area contributed by atoms with Crippen molar-refractivity contribution < 1.29 is 21.6 Å². The Bertz CT molecular complexity index is 1010. The molecule has 0 amide bonds. The van der Waals surface area contributed by atoms with E-state index in [4.69, 9.17) is 16.3 Å². The van der Waals surface area contributed by atoms with E-state index in [9.17, 15) is 21.6 Å². The molecule has 0 unspecified atom stereocenters. The number of nitrogens with two attached hydrogens (primary N) is 2. The summed E-state index contributed by atoms with van der Waals surface area (Å²) in [7, 11) is -4.71. The number of alkyl halides is 3. The van der Waals surface area contributed by atoms with Crippen molar-refractivity contribution in [2.45, 2.75) is 42.9 Å². The fourth-order valence-corrected chi connectivity index (χ4v) is 6.03. The smallest absolute Gasteiger partial charge is 0.371 e. The van der Waals surface area contributed by atoms with Gasteiger partial charge in [-0.2, -0.15) is 24.2 Å². The molecule has 3 fully saturated rings. The van der Waals surface area contributed by atoms with Gasteiger partial charge in [-0.3, -0.25) is 5.41 Å². The maximum absolute atomic E-state index is 13.7. The molecule has 33 heavy (non-hydrogen) atoms. The molecule has 9 N–H and O–H groups in total. The Balaban J connectivity index is 1.67. The van der Waals surface area contributed by atoms with E-state index in [0.29, 0.717) is 31.9 Å². The predicted octanol–water partition coefficient (Wildman–Crippen LogP) is 0.0443. The van der Waals surface area contributed by atoms with Crippen molar-refractivity contribution >= 4 is 21.7 Å². The van der Waals surface area contributed by atoms with Gasteiger partial charge in [0.2, 0.25) is 10.0 Å². The molecule has 4 rings (SSSR count). The predicted molar refractivity (Wildman–Crippen MR) is 115 cm³/mol. The van der Waals surface area contributed by atoms with Gasteiger partial charge in [0.05, 0.1) is 5.56 Å². The van der Waals surface area contributed by atoms with E-state index in [2.05, 4.69) is 21.9 Å². The molecule has 15 heteroatoms. The summed E-state index contributed by atoms with van der Waals surface area (Å²) in [5, 5.41) is 12.9. The highest BCUT2D eigenvalue weighted by Gasteiger charge is 2.43. The number of sulfonamides is 1. The standard InChI is InChI=1S/C18H28F3N9O2S/c19-18(20,21)11-1-2-12(13(14(11)33(24,31)32)15-25-27-28-26-15)29-7-3-17(4-8-29)5-9-30(10-6-17)16(22)23/h1-2,15,25-28H,3-10H2,(H3,22,23)(H2,24,31,32). The van der Waals surface area contributed by atoms with E-state index in [1.165, 1.54) is 6.07 Å². The SMILES string of the molecule is N=C(N)N1CCC2(CC1)CCN(c1ccc(C(F)(F)F)c(S(N)(=O)=O)c1C1NNNN1)CC2. The van der Waals surface area contributed by atoms with Crippen LogP contribution >= 0.6 is 0 Å². The molecule has 0 atom stereocenters. The van der Waals surface area contributed by atoms with Crippen LogP contribution in [0.2, 0.25) is 0 Å². The summed E-state index contributed by atoms with van der Waals surface area (Å²) >= 11 is 0. The highest BCUT2D eigenvalue weighted by molar-refractivity contribution is 7.89. The van der Waals surface area contributed by atoms with Gasteiger partial charge in [0.1, 0.15) is 11.1 Å². The number of halogens is 3. The van der Waals surface area contributed by atoms with Gasteiger partial charge in [-0.25, -0.2) is 24.4 Å². The number of guanidine groups is 1. The van der Waals surface area contributed by atoms with E-state index in [1.807, 2.05) is 9.80 Å². The molecular weight excluding hydrogens is 463 g/mol. The van der Waals surface area contributed by atoms with Gasteiger partial charge in [0.25, 0.3) is 0 Å². The maximum Gasteiger partial charge on any atom is 0.417 e. The zero-order valence-corrected chi connectivity index (χ0v) is 18.6. The first-order valence-electron chi connectivity index (χ1n) is 10.5. The number of hydrazine groups is 3. The van der Waals surface area contributed by atoms with Crippen LogP contribution in [0.1, 0.15) is 43.0 Å². The van der Waals surface area contributed by atoms with Gasteiger partial charge in [-0.05, 0) is 43.2 Å². The molecule has 0 bridgehead atoms. The normalized spacial score (nSPS) is 22.2. The van der Waals surface area contributed by atoms with E-state index in [0.717, 1.165) is 31.7 Å². The van der Waals surface area contributed by atoms with Crippen molar-refractivity contribution in [2.75, 3.05) is 31.1 Å². The second-order valence-electron chi connectivity index (χ2n) is 8.75. The van der Waals surface area contributed by atoms with Crippen molar-refractivity contribution in [3.05, 3.63) is 23.3 Å². The minimum atomic E-state index is -4.90. The molecule has 3 aliphatic rings. The molecule has 1 aromatic carbocycles. The molecule has 3 saturated heterocycles. The minimum Gasteiger partial charge on any atom is -0.371 e. The summed E-state index contributed by atoms with van der Waals surface area (Å²) in [6, 6.07) is 2.09. The van der Waals surface area contributed by atoms with Crippen LogP contribution in [0.5, 0.6) is 0 Å². The molecule has 184 valence electrons. The third kappa shape index (κ3) is 4.74. The van der Waals surface area contributed by atoms with E-state index in [-0.39, 0.29) is 16.9 Å². The average molecular weight is 492 g/mol. The van der Waals surface area contributed by atoms with E-state index >= 15 is 0 Å². The maximum atomic E-state index is 13.7. The van der Waals surface area contributed by atoms with Crippen molar-refractivity contribution in [3.63, 3.8) is 0 Å². The Labute approximate surface area is 189 Å². The number of rotatable bonds is 3. The van der Waals surface area contributed by atoms with Crippen LogP contribution in [0.3, 0.4) is 0 Å². The molecule has 0 aliphatic carbocycles. The number of benzene rings is 1. The first-order chi connectivity index (χ1) is 15.4. The second kappa shape index (κ2) is 8.56. The van der Waals surface area contributed by atoms with Gasteiger partial charge < -0.3 is 15.5 Å². The molecule has 0 saturated carbocycles. The number of likely N-dealkylation sites (tertiary alicyclic amines) is 1. The molecule has 1 spiro atoms. The summed E-state index contributed by atoms with van der Waals surface area (Å²) in [6.45, 7) is 2.50. The van der Waals surface area contributed by atoms with Gasteiger partial charge in [0.15, 0.2) is 5.96 Å². The highest BCUT2D eigenvalue weighted by Crippen LogP contribution is 2.45. The lowest BCUT2D eigenvalue weighted by molar-refractivity contribution is -0.140. The Kier molecular flexibility index (Phi) is 6.22. The number of nitrogens with one attached hydrogen (secondary N) is 5.